The van der Waals surface area contributed by atoms with Gasteiger partial charge in [0.2, 0.25) is 0 Å². The van der Waals surface area contributed by atoms with Gasteiger partial charge in [-0.1, -0.05) is 48.5 Å². The molecule has 0 saturated heterocycles. The molecule has 3 rings (SSSR count). The number of hydrogen-bond donors (Lipinski definition) is 0. The summed E-state index contributed by atoms with van der Waals surface area (Å²) in [6.07, 6.45) is 0. The van der Waals surface area contributed by atoms with E-state index in [1.54, 1.807) is 0 Å². The Balaban J connectivity index is 1.87. The van der Waals surface area contributed by atoms with Crippen LogP contribution in [-0.4, -0.2) is 17.2 Å². The second kappa shape index (κ2) is 5.06. The van der Waals surface area contributed by atoms with Gasteiger partial charge in [-0.15, -0.1) is 10.2 Å². The fraction of sp³-hybridized carbons (Fsp3) is 0.0625. The molecule has 1 radical (unpaired) electrons. The Bertz CT molecular complexity index is 680. The zero-order chi connectivity index (χ0) is 13.1. The Kier molecular flexibility index (Phi) is 3.11. The molecule has 0 N–H and O–H groups in total. The molecule has 0 aliphatic heterocycles. The standard InChI is InChI=1S/C16H14N3/c1-19(12-13-7-3-2-4-8-13)16-11-14-9-5-6-10-15(14)17-18-16/h2-12H,1H3. The molecule has 3 heteroatoms. The molecule has 0 atom stereocenters. The van der Waals surface area contributed by atoms with Crippen LogP contribution in [0.25, 0.3) is 10.9 Å². The van der Waals surface area contributed by atoms with Gasteiger partial charge < -0.3 is 4.90 Å². The summed E-state index contributed by atoms with van der Waals surface area (Å²) in [5.41, 5.74) is 2.05. The normalized spacial score (nSPS) is 10.6. The van der Waals surface area contributed by atoms with Crippen molar-refractivity contribution in [2.45, 2.75) is 0 Å². The van der Waals surface area contributed by atoms with Gasteiger partial charge in [0.1, 0.15) is 0 Å². The lowest BCUT2D eigenvalue weighted by Gasteiger charge is -2.17. The average Bonchev–Trinajstić information content (AvgIpc) is 2.48. The second-order valence-corrected chi connectivity index (χ2v) is 4.41. The van der Waals surface area contributed by atoms with E-state index in [-0.39, 0.29) is 0 Å². The van der Waals surface area contributed by atoms with Crippen molar-refractivity contribution in [1.29, 1.82) is 0 Å². The zero-order valence-electron chi connectivity index (χ0n) is 10.7. The lowest BCUT2D eigenvalue weighted by Crippen LogP contribution is -2.15. The number of fused-ring (bicyclic) bond motifs is 1. The minimum atomic E-state index is 0.836. The summed E-state index contributed by atoms with van der Waals surface area (Å²) in [6.45, 7) is 2.04. The Hall–Kier alpha value is -2.42. The Morgan fingerprint density at radius 3 is 2.47 bits per heavy atom. The average molecular weight is 248 g/mol. The first-order chi connectivity index (χ1) is 9.33. The SMILES string of the molecule is CN([CH]c1ccccc1)c1cc2ccccc2nn1. The minimum Gasteiger partial charge on any atom is -0.349 e. The van der Waals surface area contributed by atoms with Crippen LogP contribution in [0.15, 0.2) is 60.7 Å². The number of aromatic nitrogens is 2. The van der Waals surface area contributed by atoms with Gasteiger partial charge in [0.05, 0.1) is 12.1 Å². The Morgan fingerprint density at radius 2 is 1.63 bits per heavy atom. The fourth-order valence-corrected chi connectivity index (χ4v) is 1.97. The number of benzene rings is 2. The minimum absolute atomic E-state index is 0.836. The molecule has 0 aliphatic carbocycles. The number of hydrogen-bond acceptors (Lipinski definition) is 3. The van der Waals surface area contributed by atoms with Crippen LogP contribution < -0.4 is 4.90 Å². The van der Waals surface area contributed by atoms with Crippen LogP contribution in [-0.2, 0) is 0 Å². The molecular weight excluding hydrogens is 234 g/mol. The van der Waals surface area contributed by atoms with Gasteiger partial charge in [-0.2, -0.15) is 0 Å². The lowest BCUT2D eigenvalue weighted by molar-refractivity contribution is 0.986. The van der Waals surface area contributed by atoms with Crippen molar-refractivity contribution in [3.05, 3.63) is 72.8 Å². The third-order valence-corrected chi connectivity index (χ3v) is 2.99. The van der Waals surface area contributed by atoms with Gasteiger partial charge in [0, 0.05) is 12.4 Å². The molecule has 1 aromatic heterocycles. The van der Waals surface area contributed by atoms with Crippen LogP contribution in [0.2, 0.25) is 0 Å². The monoisotopic (exact) mass is 248 g/mol. The van der Waals surface area contributed by atoms with E-state index in [0.29, 0.717) is 0 Å². The van der Waals surface area contributed by atoms with Gasteiger partial charge in [-0.25, -0.2) is 0 Å². The first-order valence-corrected chi connectivity index (χ1v) is 6.18. The van der Waals surface area contributed by atoms with E-state index >= 15 is 0 Å². The summed E-state index contributed by atoms with van der Waals surface area (Å²) < 4.78 is 0. The van der Waals surface area contributed by atoms with Crippen LogP contribution in [0.1, 0.15) is 5.56 Å². The maximum Gasteiger partial charge on any atom is 0.152 e. The van der Waals surface area contributed by atoms with Gasteiger partial charge >= 0.3 is 0 Å². The van der Waals surface area contributed by atoms with E-state index in [1.165, 1.54) is 0 Å². The largest absolute Gasteiger partial charge is 0.349 e. The predicted octanol–water partition coefficient (Wildman–Crippen LogP) is 3.28. The summed E-state index contributed by atoms with van der Waals surface area (Å²) >= 11 is 0. The molecule has 1 heterocycles. The molecule has 0 spiro atoms. The van der Waals surface area contributed by atoms with Crippen LogP contribution >= 0.6 is 0 Å². The third kappa shape index (κ3) is 2.55. The van der Waals surface area contributed by atoms with Crippen LogP contribution in [0.3, 0.4) is 0 Å². The van der Waals surface area contributed by atoms with Crippen molar-refractivity contribution in [1.82, 2.24) is 10.2 Å². The molecular formula is C16H14N3. The molecule has 0 amide bonds. The topological polar surface area (TPSA) is 29.0 Å². The highest BCUT2D eigenvalue weighted by Crippen LogP contribution is 2.18. The molecule has 2 aromatic carbocycles. The highest BCUT2D eigenvalue weighted by atomic mass is 15.2. The summed E-state index contributed by atoms with van der Waals surface area (Å²) in [4.78, 5) is 1.98. The van der Waals surface area contributed by atoms with E-state index in [1.807, 2.05) is 67.0 Å². The highest BCUT2D eigenvalue weighted by molar-refractivity contribution is 5.80. The first kappa shape index (κ1) is 11.7. The van der Waals surface area contributed by atoms with E-state index in [0.717, 1.165) is 22.3 Å². The number of rotatable bonds is 3. The van der Waals surface area contributed by atoms with Crippen molar-refractivity contribution >= 4 is 16.7 Å². The summed E-state index contributed by atoms with van der Waals surface area (Å²) in [5.74, 6) is 0.836. The Labute approximate surface area is 112 Å². The fourth-order valence-electron chi connectivity index (χ4n) is 1.97. The molecule has 0 saturated carbocycles. The predicted molar refractivity (Wildman–Crippen MR) is 77.8 cm³/mol. The highest BCUT2D eigenvalue weighted by Gasteiger charge is 2.06. The quantitative estimate of drug-likeness (QED) is 0.712. The van der Waals surface area contributed by atoms with Crippen molar-refractivity contribution in [2.75, 3.05) is 11.9 Å². The van der Waals surface area contributed by atoms with Crippen molar-refractivity contribution < 1.29 is 0 Å². The Morgan fingerprint density at radius 1 is 0.895 bits per heavy atom. The maximum absolute atomic E-state index is 4.25. The van der Waals surface area contributed by atoms with E-state index < -0.39 is 0 Å². The molecule has 0 unspecified atom stereocenters. The van der Waals surface area contributed by atoms with Crippen molar-refractivity contribution in [3.8, 4) is 0 Å². The van der Waals surface area contributed by atoms with Crippen LogP contribution in [0.4, 0.5) is 5.82 Å². The molecule has 0 aliphatic rings. The van der Waals surface area contributed by atoms with Gasteiger partial charge in [0.25, 0.3) is 0 Å². The zero-order valence-corrected chi connectivity index (χ0v) is 10.7. The summed E-state index contributed by atoms with van der Waals surface area (Å²) in [5, 5.41) is 9.58. The molecule has 0 fully saturated rings. The molecule has 93 valence electrons. The number of nitrogens with zero attached hydrogens (tertiary/aromatic N) is 3. The lowest BCUT2D eigenvalue weighted by atomic mass is 10.2. The van der Waals surface area contributed by atoms with Crippen LogP contribution in [0.5, 0.6) is 0 Å². The van der Waals surface area contributed by atoms with Gasteiger partial charge in [-0.3, -0.25) is 0 Å². The molecule has 19 heavy (non-hydrogen) atoms. The second-order valence-electron chi connectivity index (χ2n) is 4.41. The summed E-state index contributed by atoms with van der Waals surface area (Å²) in [7, 11) is 1.98. The maximum atomic E-state index is 4.25. The van der Waals surface area contributed by atoms with E-state index in [2.05, 4.69) is 22.3 Å². The first-order valence-electron chi connectivity index (χ1n) is 6.18. The van der Waals surface area contributed by atoms with Crippen molar-refractivity contribution in [2.24, 2.45) is 0 Å². The van der Waals surface area contributed by atoms with Gasteiger partial charge in [0.15, 0.2) is 5.82 Å². The smallest absolute Gasteiger partial charge is 0.152 e. The van der Waals surface area contributed by atoms with Crippen LogP contribution in [0, 0.1) is 6.54 Å². The van der Waals surface area contributed by atoms with E-state index in [9.17, 15) is 0 Å². The molecule has 3 nitrogen and oxygen atoms in total. The summed E-state index contributed by atoms with van der Waals surface area (Å²) in [6, 6.07) is 20.2. The number of anilines is 1. The van der Waals surface area contributed by atoms with Crippen molar-refractivity contribution in [3.63, 3.8) is 0 Å². The molecule has 0 bridgehead atoms. The van der Waals surface area contributed by atoms with Gasteiger partial charge in [-0.05, 0) is 17.7 Å². The third-order valence-electron chi connectivity index (χ3n) is 2.99. The molecule has 3 aromatic rings. The van der Waals surface area contributed by atoms with E-state index in [4.69, 9.17) is 0 Å².